The molecular weight excluding hydrogens is 444 g/mol. The normalized spacial score (nSPS) is 21.5. The quantitative estimate of drug-likeness (QED) is 0.581. The predicted octanol–water partition coefficient (Wildman–Crippen LogP) is 2.95. The molecule has 4 rings (SSSR count). The number of likely N-dealkylation sites (tertiary alicyclic amines) is 1. The van der Waals surface area contributed by atoms with Crippen molar-refractivity contribution < 1.29 is 14.4 Å². The van der Waals surface area contributed by atoms with E-state index in [4.69, 9.17) is 5.73 Å². The van der Waals surface area contributed by atoms with Crippen molar-refractivity contribution in [1.82, 2.24) is 19.7 Å². The Morgan fingerprint density at radius 3 is 2.57 bits per heavy atom. The standard InChI is InChI=1S/C26H36N6O3/c1-4-18(19-8-6-5-7-9-19)16-23(33)32-24(26(35)30(2)22-11-13-29-31(22)3)20(25(32)34)14-17-10-12-28-21(27)15-17/h10-13,15,18-20,24H,4-9,14,16H2,1-3H3,(H2,27,28)/t18-,20+,24-/m0/s1. The van der Waals surface area contributed by atoms with E-state index >= 15 is 0 Å². The lowest BCUT2D eigenvalue weighted by Gasteiger charge is -2.46. The summed E-state index contributed by atoms with van der Waals surface area (Å²) in [7, 11) is 3.41. The fourth-order valence-corrected chi connectivity index (χ4v) is 5.76. The Kier molecular flexibility index (Phi) is 7.52. The molecular formula is C26H36N6O3. The zero-order chi connectivity index (χ0) is 25.1. The van der Waals surface area contributed by atoms with Gasteiger partial charge in [0, 0.05) is 32.8 Å². The number of hydrogen-bond acceptors (Lipinski definition) is 6. The molecule has 9 heteroatoms. The Balaban J connectivity index is 1.56. The Morgan fingerprint density at radius 1 is 1.20 bits per heavy atom. The number of nitrogen functional groups attached to an aromatic ring is 1. The monoisotopic (exact) mass is 480 g/mol. The van der Waals surface area contributed by atoms with Gasteiger partial charge < -0.3 is 5.73 Å². The van der Waals surface area contributed by atoms with Crippen molar-refractivity contribution >= 4 is 29.4 Å². The lowest BCUT2D eigenvalue weighted by Crippen LogP contribution is -2.69. The van der Waals surface area contributed by atoms with Gasteiger partial charge in [0.05, 0.1) is 12.1 Å². The summed E-state index contributed by atoms with van der Waals surface area (Å²) in [5, 5.41) is 4.15. The van der Waals surface area contributed by atoms with E-state index < -0.39 is 12.0 Å². The van der Waals surface area contributed by atoms with Crippen LogP contribution in [0.15, 0.2) is 30.6 Å². The fourth-order valence-electron chi connectivity index (χ4n) is 5.76. The van der Waals surface area contributed by atoms with Gasteiger partial charge in [-0.3, -0.25) is 28.9 Å². The number of aromatic nitrogens is 3. The summed E-state index contributed by atoms with van der Waals surface area (Å²) in [6.07, 6.45) is 10.7. The minimum absolute atomic E-state index is 0.236. The first kappa shape index (κ1) is 24.9. The summed E-state index contributed by atoms with van der Waals surface area (Å²) >= 11 is 0. The van der Waals surface area contributed by atoms with Crippen LogP contribution < -0.4 is 10.6 Å². The van der Waals surface area contributed by atoms with Crippen molar-refractivity contribution in [2.45, 2.75) is 64.3 Å². The minimum atomic E-state index is -0.854. The van der Waals surface area contributed by atoms with Crippen molar-refractivity contribution in [3.05, 3.63) is 36.2 Å². The van der Waals surface area contributed by atoms with E-state index in [1.165, 1.54) is 29.1 Å². The Hall–Kier alpha value is -3.23. The molecule has 0 spiro atoms. The Labute approximate surface area is 206 Å². The van der Waals surface area contributed by atoms with E-state index in [2.05, 4.69) is 17.0 Å². The molecule has 2 aliphatic rings. The first-order chi connectivity index (χ1) is 16.8. The highest BCUT2D eigenvalue weighted by molar-refractivity contribution is 6.12. The number of β-lactam (4-membered cyclic amide) rings is 1. The summed E-state index contributed by atoms with van der Waals surface area (Å²) in [6.45, 7) is 2.11. The number of likely N-dealkylation sites (N-methyl/N-ethyl adjacent to an activating group) is 1. The van der Waals surface area contributed by atoms with Crippen molar-refractivity contribution in [2.75, 3.05) is 17.7 Å². The van der Waals surface area contributed by atoms with E-state index in [0.29, 0.717) is 30.4 Å². The van der Waals surface area contributed by atoms with Gasteiger partial charge in [0.15, 0.2) is 0 Å². The highest BCUT2D eigenvalue weighted by Gasteiger charge is 2.55. The van der Waals surface area contributed by atoms with E-state index in [0.717, 1.165) is 24.8 Å². The van der Waals surface area contributed by atoms with Crippen LogP contribution in [0.2, 0.25) is 0 Å². The second-order valence-corrected chi connectivity index (χ2v) is 9.93. The van der Waals surface area contributed by atoms with Crippen molar-refractivity contribution in [3.8, 4) is 0 Å². The molecule has 3 atom stereocenters. The molecule has 0 aromatic carbocycles. The number of amides is 3. The molecule has 2 fully saturated rings. The van der Waals surface area contributed by atoms with E-state index in [-0.39, 0.29) is 23.6 Å². The molecule has 1 saturated carbocycles. The maximum atomic E-state index is 13.7. The number of aryl methyl sites for hydroxylation is 1. The van der Waals surface area contributed by atoms with Crippen LogP contribution >= 0.6 is 0 Å². The summed E-state index contributed by atoms with van der Waals surface area (Å²) in [4.78, 5) is 47.1. The van der Waals surface area contributed by atoms with Gasteiger partial charge in [0.2, 0.25) is 11.8 Å². The summed E-state index contributed by atoms with van der Waals surface area (Å²) in [6, 6.07) is 4.38. The summed E-state index contributed by atoms with van der Waals surface area (Å²) < 4.78 is 1.60. The van der Waals surface area contributed by atoms with Crippen LogP contribution in [0.3, 0.4) is 0 Å². The second-order valence-electron chi connectivity index (χ2n) is 9.93. The molecule has 3 amide bonds. The Bertz CT molecular complexity index is 1080. The molecule has 1 saturated heterocycles. The number of rotatable bonds is 8. The molecule has 1 aliphatic carbocycles. The number of imide groups is 1. The van der Waals surface area contributed by atoms with Gasteiger partial charge in [-0.15, -0.1) is 0 Å². The third kappa shape index (κ3) is 5.09. The highest BCUT2D eigenvalue weighted by atomic mass is 16.2. The number of nitrogens with zero attached hydrogens (tertiary/aromatic N) is 5. The number of carbonyl (C=O) groups excluding carboxylic acids is 3. The maximum Gasteiger partial charge on any atom is 0.252 e. The minimum Gasteiger partial charge on any atom is -0.384 e. The van der Waals surface area contributed by atoms with E-state index in [1.807, 2.05) is 0 Å². The lowest BCUT2D eigenvalue weighted by atomic mass is 9.76. The van der Waals surface area contributed by atoms with Crippen molar-refractivity contribution in [2.24, 2.45) is 24.8 Å². The van der Waals surface area contributed by atoms with Crippen LogP contribution in [0.25, 0.3) is 0 Å². The third-order valence-corrected chi connectivity index (χ3v) is 7.78. The number of hydrogen-bond donors (Lipinski definition) is 1. The average Bonchev–Trinajstić information content (AvgIpc) is 3.29. The van der Waals surface area contributed by atoms with Gasteiger partial charge in [0.25, 0.3) is 5.91 Å². The maximum absolute atomic E-state index is 13.7. The molecule has 1 aliphatic heterocycles. The number of anilines is 2. The zero-order valence-electron chi connectivity index (χ0n) is 20.9. The molecule has 3 heterocycles. The molecule has 2 aromatic rings. The Morgan fingerprint density at radius 2 is 1.94 bits per heavy atom. The molecule has 0 radical (unpaired) electrons. The molecule has 2 N–H and O–H groups in total. The smallest absolute Gasteiger partial charge is 0.252 e. The van der Waals surface area contributed by atoms with Crippen LogP contribution in [0.4, 0.5) is 11.6 Å². The van der Waals surface area contributed by atoms with Gasteiger partial charge in [-0.2, -0.15) is 5.10 Å². The van der Waals surface area contributed by atoms with Crippen LogP contribution in [0.5, 0.6) is 0 Å². The number of nitrogens with two attached hydrogens (primary N) is 1. The van der Waals surface area contributed by atoms with Crippen molar-refractivity contribution in [3.63, 3.8) is 0 Å². The predicted molar refractivity (Wildman–Crippen MR) is 133 cm³/mol. The van der Waals surface area contributed by atoms with Crippen LogP contribution in [-0.2, 0) is 27.9 Å². The van der Waals surface area contributed by atoms with Gasteiger partial charge >= 0.3 is 0 Å². The molecule has 35 heavy (non-hydrogen) atoms. The molecule has 0 unspecified atom stereocenters. The molecule has 2 aromatic heterocycles. The molecule has 9 nitrogen and oxygen atoms in total. The average molecular weight is 481 g/mol. The second kappa shape index (κ2) is 10.6. The van der Waals surface area contributed by atoms with Gasteiger partial charge in [-0.05, 0) is 36.0 Å². The van der Waals surface area contributed by atoms with Crippen LogP contribution in [0, 0.1) is 17.8 Å². The van der Waals surface area contributed by atoms with Crippen LogP contribution in [0.1, 0.15) is 57.4 Å². The first-order valence-electron chi connectivity index (χ1n) is 12.6. The largest absolute Gasteiger partial charge is 0.384 e. The summed E-state index contributed by atoms with van der Waals surface area (Å²) in [5.41, 5.74) is 6.64. The van der Waals surface area contributed by atoms with Crippen LogP contribution in [-0.4, -0.2) is 50.5 Å². The zero-order valence-corrected chi connectivity index (χ0v) is 20.9. The number of carbonyl (C=O) groups is 3. The topological polar surface area (TPSA) is 114 Å². The van der Waals surface area contributed by atoms with Gasteiger partial charge in [-0.25, -0.2) is 4.98 Å². The highest BCUT2D eigenvalue weighted by Crippen LogP contribution is 2.37. The van der Waals surface area contributed by atoms with Gasteiger partial charge in [-0.1, -0.05) is 45.4 Å². The van der Waals surface area contributed by atoms with E-state index in [1.54, 1.807) is 49.4 Å². The summed E-state index contributed by atoms with van der Waals surface area (Å²) in [5.74, 6) is 0.252. The van der Waals surface area contributed by atoms with Gasteiger partial charge in [0.1, 0.15) is 17.7 Å². The first-order valence-corrected chi connectivity index (χ1v) is 12.6. The lowest BCUT2D eigenvalue weighted by molar-refractivity contribution is -0.171. The molecule has 188 valence electrons. The molecule has 0 bridgehead atoms. The van der Waals surface area contributed by atoms with E-state index in [9.17, 15) is 14.4 Å². The van der Waals surface area contributed by atoms with Crippen molar-refractivity contribution in [1.29, 1.82) is 0 Å². The third-order valence-electron chi connectivity index (χ3n) is 7.78. The number of pyridine rings is 1. The SMILES string of the molecule is CC[C@@H](CC(=O)N1C(=O)[C@H](Cc2ccnc(N)c2)[C@H]1C(=O)N(C)c1ccnn1C)C1CCCCC1. The fraction of sp³-hybridized carbons (Fsp3) is 0.577.